The van der Waals surface area contributed by atoms with Crippen molar-refractivity contribution in [3.63, 3.8) is 0 Å². The van der Waals surface area contributed by atoms with Gasteiger partial charge in [-0.15, -0.1) is 0 Å². The van der Waals surface area contributed by atoms with Crippen LogP contribution in [0, 0.1) is 0 Å². The van der Waals surface area contributed by atoms with Crippen molar-refractivity contribution in [1.82, 2.24) is 9.97 Å². The summed E-state index contributed by atoms with van der Waals surface area (Å²) in [5.74, 6) is 0.989. The van der Waals surface area contributed by atoms with Crippen molar-refractivity contribution in [2.24, 2.45) is 0 Å². The van der Waals surface area contributed by atoms with Gasteiger partial charge in [0.25, 0.3) is 0 Å². The van der Waals surface area contributed by atoms with E-state index in [4.69, 9.17) is 10.5 Å². The van der Waals surface area contributed by atoms with Crippen LogP contribution in [0.2, 0.25) is 0 Å². The van der Waals surface area contributed by atoms with Crippen LogP contribution in [0.25, 0.3) is 0 Å². The largest absolute Gasteiger partial charge is 0.479 e. The molecular formula is C15H18N4O. The number of nitrogens with two attached hydrogens (primary N) is 1. The monoisotopic (exact) mass is 270 g/mol. The van der Waals surface area contributed by atoms with Gasteiger partial charge in [-0.25, -0.2) is 4.98 Å². The normalized spacial score (nSPS) is 13.7. The number of anilines is 3. The minimum absolute atomic E-state index is 0.396. The van der Waals surface area contributed by atoms with Crippen LogP contribution in [-0.4, -0.2) is 17.1 Å². The summed E-state index contributed by atoms with van der Waals surface area (Å²) >= 11 is 0. The Kier molecular flexibility index (Phi) is 3.41. The molecule has 1 aliphatic rings. The topological polar surface area (TPSA) is 73.1 Å². The Morgan fingerprint density at radius 1 is 1.20 bits per heavy atom. The summed E-state index contributed by atoms with van der Waals surface area (Å²) in [6.07, 6.45) is 6.19. The number of rotatable bonds is 3. The van der Waals surface area contributed by atoms with Crippen LogP contribution in [-0.2, 0) is 12.8 Å². The van der Waals surface area contributed by atoms with Gasteiger partial charge in [0.15, 0.2) is 5.82 Å². The highest BCUT2D eigenvalue weighted by atomic mass is 16.5. The zero-order valence-corrected chi connectivity index (χ0v) is 11.5. The first-order chi connectivity index (χ1) is 9.79. The maximum atomic E-state index is 6.01. The minimum Gasteiger partial charge on any atom is -0.479 e. The molecule has 1 aromatic heterocycles. The number of aryl methyl sites for hydroxylation is 1. The molecule has 0 atom stereocenters. The smallest absolute Gasteiger partial charge is 0.242 e. The molecule has 1 aromatic carbocycles. The number of methoxy groups -OCH3 is 1. The van der Waals surface area contributed by atoms with Crippen LogP contribution in [0.3, 0.4) is 0 Å². The highest BCUT2D eigenvalue weighted by Crippen LogP contribution is 2.32. The Morgan fingerprint density at radius 3 is 2.90 bits per heavy atom. The van der Waals surface area contributed by atoms with Gasteiger partial charge >= 0.3 is 0 Å². The van der Waals surface area contributed by atoms with E-state index in [2.05, 4.69) is 33.5 Å². The van der Waals surface area contributed by atoms with E-state index in [-0.39, 0.29) is 0 Å². The van der Waals surface area contributed by atoms with E-state index in [9.17, 15) is 0 Å². The number of benzene rings is 1. The van der Waals surface area contributed by atoms with Crippen molar-refractivity contribution in [3.8, 4) is 5.88 Å². The molecule has 0 unspecified atom stereocenters. The fourth-order valence-corrected chi connectivity index (χ4v) is 2.67. The Hall–Kier alpha value is -2.30. The zero-order valence-electron chi connectivity index (χ0n) is 11.5. The van der Waals surface area contributed by atoms with Crippen LogP contribution in [0.4, 0.5) is 17.2 Å². The van der Waals surface area contributed by atoms with Crippen molar-refractivity contribution < 1.29 is 4.74 Å². The van der Waals surface area contributed by atoms with Gasteiger partial charge < -0.3 is 15.8 Å². The highest BCUT2D eigenvalue weighted by molar-refractivity contribution is 5.74. The van der Waals surface area contributed by atoms with Crippen LogP contribution < -0.4 is 15.8 Å². The third kappa shape index (κ3) is 2.27. The van der Waals surface area contributed by atoms with E-state index in [1.54, 1.807) is 7.11 Å². The second-order valence-corrected chi connectivity index (χ2v) is 4.92. The molecule has 0 bridgehead atoms. The van der Waals surface area contributed by atoms with Crippen LogP contribution in [0.15, 0.2) is 24.5 Å². The van der Waals surface area contributed by atoms with E-state index in [0.29, 0.717) is 17.4 Å². The van der Waals surface area contributed by atoms with Gasteiger partial charge in [0.2, 0.25) is 5.88 Å². The molecule has 1 aliphatic carbocycles. The Labute approximate surface area is 118 Å². The second kappa shape index (κ2) is 5.36. The number of hydrogen-bond acceptors (Lipinski definition) is 5. The molecule has 1 heterocycles. The van der Waals surface area contributed by atoms with E-state index < -0.39 is 0 Å². The van der Waals surface area contributed by atoms with Gasteiger partial charge in [-0.1, -0.05) is 12.1 Å². The fraction of sp³-hybridized carbons (Fsp3) is 0.333. The Balaban J connectivity index is 1.96. The lowest BCUT2D eigenvalue weighted by Gasteiger charge is -2.20. The average Bonchev–Trinajstić information content (AvgIpc) is 2.50. The zero-order chi connectivity index (χ0) is 13.9. The molecule has 3 N–H and O–H groups in total. The quantitative estimate of drug-likeness (QED) is 0.897. The van der Waals surface area contributed by atoms with Crippen LogP contribution >= 0.6 is 0 Å². The average molecular weight is 270 g/mol. The van der Waals surface area contributed by atoms with E-state index in [1.165, 1.54) is 30.3 Å². The lowest BCUT2D eigenvalue weighted by Crippen LogP contribution is -2.08. The molecule has 0 amide bonds. The van der Waals surface area contributed by atoms with E-state index >= 15 is 0 Å². The summed E-state index contributed by atoms with van der Waals surface area (Å²) in [5.41, 5.74) is 10.3. The summed E-state index contributed by atoms with van der Waals surface area (Å²) in [6, 6.07) is 6.34. The molecule has 104 valence electrons. The maximum Gasteiger partial charge on any atom is 0.242 e. The number of aromatic nitrogens is 2. The lowest BCUT2D eigenvalue weighted by atomic mass is 9.90. The molecule has 2 aromatic rings. The van der Waals surface area contributed by atoms with Gasteiger partial charge in [-0.3, -0.25) is 0 Å². The van der Waals surface area contributed by atoms with Gasteiger partial charge in [0.05, 0.1) is 7.11 Å². The van der Waals surface area contributed by atoms with E-state index in [0.717, 1.165) is 18.5 Å². The Morgan fingerprint density at radius 2 is 2.05 bits per heavy atom. The fourth-order valence-electron chi connectivity index (χ4n) is 2.67. The predicted octanol–water partition coefficient (Wildman–Crippen LogP) is 2.69. The summed E-state index contributed by atoms with van der Waals surface area (Å²) in [4.78, 5) is 8.19. The first kappa shape index (κ1) is 12.7. The van der Waals surface area contributed by atoms with Crippen molar-refractivity contribution in [2.75, 3.05) is 18.2 Å². The Bertz CT molecular complexity index is 627. The molecule has 3 rings (SSSR count). The van der Waals surface area contributed by atoms with Crippen LogP contribution in [0.1, 0.15) is 24.0 Å². The van der Waals surface area contributed by atoms with Gasteiger partial charge in [0.1, 0.15) is 12.0 Å². The summed E-state index contributed by atoms with van der Waals surface area (Å²) in [7, 11) is 1.55. The first-order valence-electron chi connectivity index (χ1n) is 6.82. The molecule has 5 heteroatoms. The molecule has 0 saturated carbocycles. The number of ether oxygens (including phenoxy) is 1. The summed E-state index contributed by atoms with van der Waals surface area (Å²) in [5, 5.41) is 3.32. The molecule has 0 radical (unpaired) electrons. The predicted molar refractivity (Wildman–Crippen MR) is 79.4 cm³/mol. The minimum atomic E-state index is 0.396. The number of nitrogens with one attached hydrogen (secondary N) is 1. The van der Waals surface area contributed by atoms with Crippen LogP contribution in [0.5, 0.6) is 5.88 Å². The molecule has 0 aliphatic heterocycles. The van der Waals surface area contributed by atoms with Crippen molar-refractivity contribution in [2.45, 2.75) is 25.7 Å². The van der Waals surface area contributed by atoms with Crippen molar-refractivity contribution in [1.29, 1.82) is 0 Å². The third-order valence-corrected chi connectivity index (χ3v) is 3.69. The lowest BCUT2D eigenvalue weighted by molar-refractivity contribution is 0.399. The van der Waals surface area contributed by atoms with E-state index in [1.807, 2.05) is 0 Å². The number of nitrogens with zero attached hydrogens (tertiary/aromatic N) is 2. The standard InChI is InChI=1S/C15H18N4O/c1-20-15-13(16)14(17-9-18-15)19-12-8-4-6-10-5-2-3-7-11(10)12/h4,6,8-9H,2-3,5,7,16H2,1H3,(H,17,18,19). The molecule has 0 fully saturated rings. The summed E-state index contributed by atoms with van der Waals surface area (Å²) in [6.45, 7) is 0. The first-order valence-corrected chi connectivity index (χ1v) is 6.82. The maximum absolute atomic E-state index is 6.01. The number of nitrogen functional groups attached to an aromatic ring is 1. The SMILES string of the molecule is COc1ncnc(Nc2cccc3c2CCCC3)c1N. The number of fused-ring (bicyclic) bond motifs is 1. The number of hydrogen-bond donors (Lipinski definition) is 2. The highest BCUT2D eigenvalue weighted by Gasteiger charge is 2.15. The van der Waals surface area contributed by atoms with Crippen molar-refractivity contribution >= 4 is 17.2 Å². The van der Waals surface area contributed by atoms with Gasteiger partial charge in [-0.05, 0) is 42.9 Å². The molecule has 0 saturated heterocycles. The van der Waals surface area contributed by atoms with Gasteiger partial charge in [0, 0.05) is 5.69 Å². The summed E-state index contributed by atoms with van der Waals surface area (Å²) < 4.78 is 5.12. The third-order valence-electron chi connectivity index (χ3n) is 3.69. The van der Waals surface area contributed by atoms with Gasteiger partial charge in [-0.2, -0.15) is 4.98 Å². The second-order valence-electron chi connectivity index (χ2n) is 4.92. The molecule has 20 heavy (non-hydrogen) atoms. The molecular weight excluding hydrogens is 252 g/mol. The van der Waals surface area contributed by atoms with Crippen molar-refractivity contribution in [3.05, 3.63) is 35.7 Å². The molecule has 5 nitrogen and oxygen atoms in total. The molecule has 0 spiro atoms.